The molecule has 0 unspecified atom stereocenters. The van der Waals surface area contributed by atoms with E-state index in [0.717, 1.165) is 6.07 Å². The standard InChI is InChI=1S/C12H16N2O4Si/c1-5-17-12(16)11(14-13)9-6-8(15)7-10(18-9)19(2,3)4/h6-7H,5H2,1-4H3. The number of rotatable bonds is 4. The molecule has 0 fully saturated rings. The average molecular weight is 280 g/mol. The number of nitrogens with zero attached hydrogens (tertiary/aromatic N) is 2. The highest BCUT2D eigenvalue weighted by Gasteiger charge is 2.30. The van der Waals surface area contributed by atoms with Gasteiger partial charge in [0.25, 0.3) is 0 Å². The van der Waals surface area contributed by atoms with E-state index in [1.807, 2.05) is 19.6 Å². The van der Waals surface area contributed by atoms with E-state index in [1.54, 1.807) is 6.92 Å². The highest BCUT2D eigenvalue weighted by atomic mass is 28.3. The van der Waals surface area contributed by atoms with Crippen molar-refractivity contribution in [3.8, 4) is 0 Å². The largest absolute Gasteiger partial charge is 0.458 e. The van der Waals surface area contributed by atoms with Gasteiger partial charge in [-0.1, -0.05) is 19.6 Å². The highest BCUT2D eigenvalue weighted by Crippen LogP contribution is 2.04. The summed E-state index contributed by atoms with van der Waals surface area (Å²) in [7, 11) is -1.86. The zero-order valence-electron chi connectivity index (χ0n) is 11.4. The topological polar surface area (TPSA) is 92.9 Å². The number of hydrogen-bond donors (Lipinski definition) is 0. The van der Waals surface area contributed by atoms with Crippen LogP contribution < -0.4 is 10.8 Å². The maximum Gasteiger partial charge on any atom is 0.441 e. The Morgan fingerprint density at radius 2 is 2.05 bits per heavy atom. The van der Waals surface area contributed by atoms with Gasteiger partial charge in [-0.2, -0.15) is 4.79 Å². The summed E-state index contributed by atoms with van der Waals surface area (Å²) >= 11 is 0. The summed E-state index contributed by atoms with van der Waals surface area (Å²) < 4.78 is 10.2. The van der Waals surface area contributed by atoms with Crippen molar-refractivity contribution in [2.45, 2.75) is 26.6 Å². The summed E-state index contributed by atoms with van der Waals surface area (Å²) in [5.41, 5.74) is 8.19. The van der Waals surface area contributed by atoms with Crippen LogP contribution in [0.2, 0.25) is 19.6 Å². The van der Waals surface area contributed by atoms with Gasteiger partial charge in [-0.25, -0.2) is 4.79 Å². The second-order valence-electron chi connectivity index (χ2n) is 4.94. The van der Waals surface area contributed by atoms with Gasteiger partial charge >= 0.3 is 11.7 Å². The van der Waals surface area contributed by atoms with Gasteiger partial charge in [0.2, 0.25) is 5.76 Å². The molecule has 1 rings (SSSR count). The van der Waals surface area contributed by atoms with Gasteiger partial charge in [0.05, 0.1) is 12.0 Å². The lowest BCUT2D eigenvalue weighted by Gasteiger charge is -2.14. The monoisotopic (exact) mass is 280 g/mol. The molecule has 0 aromatic carbocycles. The van der Waals surface area contributed by atoms with Crippen molar-refractivity contribution in [1.29, 1.82) is 0 Å². The Balaban J connectivity index is 3.35. The average Bonchev–Trinajstić information content (AvgIpc) is 2.28. The van der Waals surface area contributed by atoms with Crippen LogP contribution in [0.3, 0.4) is 0 Å². The van der Waals surface area contributed by atoms with E-state index in [-0.39, 0.29) is 17.8 Å². The molecule has 0 aliphatic heterocycles. The van der Waals surface area contributed by atoms with E-state index in [2.05, 4.69) is 4.79 Å². The molecule has 6 nitrogen and oxygen atoms in total. The molecule has 102 valence electrons. The Hall–Kier alpha value is -1.98. The van der Waals surface area contributed by atoms with Crippen molar-refractivity contribution in [3.63, 3.8) is 0 Å². The van der Waals surface area contributed by atoms with Crippen molar-refractivity contribution in [1.82, 2.24) is 0 Å². The van der Waals surface area contributed by atoms with Crippen LogP contribution in [-0.4, -0.2) is 31.2 Å². The van der Waals surface area contributed by atoms with Crippen LogP contribution in [0.25, 0.3) is 5.53 Å². The zero-order valence-corrected chi connectivity index (χ0v) is 12.4. The van der Waals surface area contributed by atoms with Crippen molar-refractivity contribution < 1.29 is 18.7 Å². The molecule has 1 aromatic heterocycles. The van der Waals surface area contributed by atoms with Crippen LogP contribution in [0, 0.1) is 0 Å². The summed E-state index contributed by atoms with van der Waals surface area (Å²) in [6.07, 6.45) is 0. The van der Waals surface area contributed by atoms with E-state index in [9.17, 15) is 9.59 Å². The van der Waals surface area contributed by atoms with E-state index >= 15 is 0 Å². The number of carbonyl (C=O) groups is 1. The predicted octanol–water partition coefficient (Wildman–Crippen LogP) is 0.767. The third-order valence-electron chi connectivity index (χ3n) is 2.31. The molecule has 1 aromatic rings. The highest BCUT2D eigenvalue weighted by molar-refractivity contribution is 6.87. The van der Waals surface area contributed by atoms with Crippen LogP contribution >= 0.6 is 0 Å². The van der Waals surface area contributed by atoms with Gasteiger partial charge in [0, 0.05) is 12.1 Å². The Kier molecular flexibility index (Phi) is 4.58. The lowest BCUT2D eigenvalue weighted by atomic mass is 10.2. The fourth-order valence-electron chi connectivity index (χ4n) is 1.35. The van der Waals surface area contributed by atoms with Gasteiger partial charge in [-0.15, -0.1) is 0 Å². The van der Waals surface area contributed by atoms with Crippen molar-refractivity contribution in [2.24, 2.45) is 0 Å². The number of esters is 1. The molecule has 0 N–H and O–H groups in total. The van der Waals surface area contributed by atoms with Crippen molar-refractivity contribution in [3.05, 3.63) is 33.6 Å². The lowest BCUT2D eigenvalue weighted by Crippen LogP contribution is -2.40. The summed E-state index contributed by atoms with van der Waals surface area (Å²) in [6, 6.07) is 2.51. The Labute approximate surface area is 111 Å². The molecule has 0 aliphatic carbocycles. The fraction of sp³-hybridized carbons (Fsp3) is 0.417. The maximum absolute atomic E-state index is 11.6. The first-order chi connectivity index (χ1) is 8.79. The molecule has 0 saturated carbocycles. The number of hydrogen-bond acceptors (Lipinski definition) is 4. The Bertz CT molecular complexity index is 594. The summed E-state index contributed by atoms with van der Waals surface area (Å²) in [6.45, 7) is 7.75. The SMILES string of the molecule is CCOC(=O)C(=[N+]=[N-])c1cc(=O)cc([Si](C)(C)C)o1. The second kappa shape index (κ2) is 5.77. The van der Waals surface area contributed by atoms with Gasteiger partial charge in [0.1, 0.15) is 8.07 Å². The third kappa shape index (κ3) is 3.74. The molecule has 19 heavy (non-hydrogen) atoms. The fourth-order valence-corrected chi connectivity index (χ4v) is 2.35. The first kappa shape index (κ1) is 15.1. The van der Waals surface area contributed by atoms with Crippen LogP contribution in [0.4, 0.5) is 0 Å². The molecule has 0 spiro atoms. The van der Waals surface area contributed by atoms with Crippen molar-refractivity contribution in [2.75, 3.05) is 6.61 Å². The molecule has 0 atom stereocenters. The maximum atomic E-state index is 11.6. The number of ether oxygens (including phenoxy) is 1. The molecule has 0 radical (unpaired) electrons. The molecule has 7 heteroatoms. The van der Waals surface area contributed by atoms with Crippen LogP contribution in [0.15, 0.2) is 21.3 Å². The van der Waals surface area contributed by atoms with Crippen molar-refractivity contribution >= 4 is 25.1 Å². The lowest BCUT2D eigenvalue weighted by molar-refractivity contribution is -0.139. The predicted molar refractivity (Wildman–Crippen MR) is 72.3 cm³/mol. The molecule has 0 saturated heterocycles. The van der Waals surface area contributed by atoms with E-state index in [1.165, 1.54) is 6.07 Å². The first-order valence-electron chi connectivity index (χ1n) is 5.84. The Morgan fingerprint density at radius 1 is 1.42 bits per heavy atom. The van der Waals surface area contributed by atoms with Crippen LogP contribution in [0.1, 0.15) is 12.7 Å². The normalized spacial score (nSPS) is 10.7. The summed E-state index contributed by atoms with van der Waals surface area (Å²) in [4.78, 5) is 26.1. The second-order valence-corrected chi connectivity index (χ2v) is 9.93. The molecular formula is C12H16N2O4Si. The van der Waals surface area contributed by atoms with Gasteiger partial charge in [-0.3, -0.25) is 4.79 Å². The molecule has 0 bridgehead atoms. The first-order valence-corrected chi connectivity index (χ1v) is 9.34. The summed E-state index contributed by atoms with van der Waals surface area (Å²) in [5.74, 6) is -0.910. The van der Waals surface area contributed by atoms with E-state index < -0.39 is 19.8 Å². The molecular weight excluding hydrogens is 264 g/mol. The minimum absolute atomic E-state index is 0.0779. The zero-order chi connectivity index (χ0) is 14.6. The van der Waals surface area contributed by atoms with E-state index in [4.69, 9.17) is 14.7 Å². The quantitative estimate of drug-likeness (QED) is 0.268. The van der Waals surface area contributed by atoms with Crippen LogP contribution in [-0.2, 0) is 9.53 Å². The minimum atomic E-state index is -1.86. The van der Waals surface area contributed by atoms with Crippen LogP contribution in [0.5, 0.6) is 0 Å². The Morgan fingerprint density at radius 3 is 2.53 bits per heavy atom. The smallest absolute Gasteiger partial charge is 0.441 e. The van der Waals surface area contributed by atoms with Gasteiger partial charge in [-0.05, 0) is 6.92 Å². The number of carbonyl (C=O) groups excluding carboxylic acids is 1. The third-order valence-corrected chi connectivity index (χ3v) is 4.03. The molecule has 1 heterocycles. The molecule has 0 aliphatic rings. The molecule has 0 amide bonds. The minimum Gasteiger partial charge on any atom is -0.458 e. The summed E-state index contributed by atoms with van der Waals surface area (Å²) in [5, 5.41) is 0.528. The van der Waals surface area contributed by atoms with E-state index in [0.29, 0.717) is 5.38 Å². The van der Waals surface area contributed by atoms with Gasteiger partial charge < -0.3 is 14.7 Å². The van der Waals surface area contributed by atoms with Gasteiger partial charge in [0.15, 0.2) is 5.43 Å².